The number of carbonyl (C=O) groups excluding carboxylic acids is 1. The molecule has 1 saturated heterocycles. The van der Waals surface area contributed by atoms with Crippen LogP contribution in [-0.4, -0.2) is 19.0 Å². The number of rotatable bonds is 2. The van der Waals surface area contributed by atoms with Crippen molar-refractivity contribution in [3.63, 3.8) is 0 Å². The average Bonchev–Trinajstić information content (AvgIpc) is 2.74. The molecular formula is C11H12F2N2O. The van der Waals surface area contributed by atoms with E-state index < -0.39 is 17.5 Å². The van der Waals surface area contributed by atoms with Gasteiger partial charge in [0.05, 0.1) is 0 Å². The normalized spacial score (nSPS) is 20.0. The zero-order valence-electron chi connectivity index (χ0n) is 8.59. The first-order valence-corrected chi connectivity index (χ1v) is 5.09. The van der Waals surface area contributed by atoms with E-state index in [1.54, 1.807) is 0 Å². The average molecular weight is 226 g/mol. The zero-order valence-corrected chi connectivity index (χ0v) is 8.59. The molecule has 3 nitrogen and oxygen atoms in total. The van der Waals surface area contributed by atoms with Crippen LogP contribution in [0.15, 0.2) is 12.1 Å². The van der Waals surface area contributed by atoms with Gasteiger partial charge in [0, 0.05) is 23.6 Å². The molecule has 1 amide bonds. The molecule has 1 aliphatic rings. The van der Waals surface area contributed by atoms with Gasteiger partial charge in [-0.25, -0.2) is 8.78 Å². The highest BCUT2D eigenvalue weighted by atomic mass is 19.2. The number of nitrogens with two attached hydrogens (primary N) is 1. The number of carbonyl (C=O) groups is 1. The first-order chi connectivity index (χ1) is 7.61. The van der Waals surface area contributed by atoms with Gasteiger partial charge >= 0.3 is 0 Å². The van der Waals surface area contributed by atoms with E-state index in [9.17, 15) is 13.6 Å². The lowest BCUT2D eigenvalue weighted by atomic mass is 9.92. The monoisotopic (exact) mass is 226 g/mol. The second kappa shape index (κ2) is 4.17. The molecule has 0 saturated carbocycles. The second-order valence-electron chi connectivity index (χ2n) is 3.88. The van der Waals surface area contributed by atoms with Crippen molar-refractivity contribution in [3.05, 3.63) is 34.9 Å². The van der Waals surface area contributed by atoms with E-state index in [4.69, 9.17) is 5.73 Å². The Morgan fingerprint density at radius 2 is 2.19 bits per heavy atom. The number of hydrogen-bond donors (Lipinski definition) is 2. The van der Waals surface area contributed by atoms with E-state index in [1.165, 1.54) is 6.07 Å². The first kappa shape index (κ1) is 11.0. The molecule has 0 aromatic heterocycles. The molecule has 2 rings (SSSR count). The van der Waals surface area contributed by atoms with Crippen LogP contribution >= 0.6 is 0 Å². The van der Waals surface area contributed by atoms with Crippen LogP contribution in [0.3, 0.4) is 0 Å². The molecule has 3 N–H and O–H groups in total. The summed E-state index contributed by atoms with van der Waals surface area (Å²) in [5.74, 6) is -2.80. The minimum atomic E-state index is -0.954. The predicted octanol–water partition coefficient (Wildman–Crippen LogP) is 1.14. The lowest BCUT2D eigenvalue weighted by Gasteiger charge is -2.14. The first-order valence-electron chi connectivity index (χ1n) is 5.09. The summed E-state index contributed by atoms with van der Waals surface area (Å²) >= 11 is 0. The molecule has 86 valence electrons. The molecule has 0 bridgehead atoms. The summed E-state index contributed by atoms with van der Waals surface area (Å²) in [5.41, 5.74) is 5.34. The molecule has 0 aliphatic carbocycles. The predicted molar refractivity (Wildman–Crippen MR) is 55.1 cm³/mol. The third kappa shape index (κ3) is 1.78. The Hall–Kier alpha value is -1.49. The van der Waals surface area contributed by atoms with Gasteiger partial charge in [-0.3, -0.25) is 4.79 Å². The quantitative estimate of drug-likeness (QED) is 0.794. The van der Waals surface area contributed by atoms with Crippen LogP contribution in [0.4, 0.5) is 8.78 Å². The SMILES string of the molecule is NC(=O)c1ccc(F)c(F)c1C1CCNC1. The maximum absolute atomic E-state index is 13.7. The Balaban J connectivity index is 2.53. The molecule has 1 unspecified atom stereocenters. The summed E-state index contributed by atoms with van der Waals surface area (Å²) in [6, 6.07) is 2.18. The van der Waals surface area contributed by atoms with E-state index in [0.29, 0.717) is 13.0 Å². The van der Waals surface area contributed by atoms with E-state index >= 15 is 0 Å². The highest BCUT2D eigenvalue weighted by Gasteiger charge is 2.26. The standard InChI is InChI=1S/C11H12F2N2O/c12-8-2-1-7(11(14)16)9(10(8)13)6-3-4-15-5-6/h1-2,6,15H,3-5H2,(H2,14,16). The fourth-order valence-electron chi connectivity index (χ4n) is 2.08. The number of primary amides is 1. The summed E-state index contributed by atoms with van der Waals surface area (Å²) < 4.78 is 26.8. The summed E-state index contributed by atoms with van der Waals surface area (Å²) in [5, 5.41) is 3.04. The summed E-state index contributed by atoms with van der Waals surface area (Å²) in [6.07, 6.45) is 0.681. The third-order valence-electron chi connectivity index (χ3n) is 2.87. The molecule has 0 radical (unpaired) electrons. The molecule has 1 heterocycles. The van der Waals surface area contributed by atoms with Crippen LogP contribution in [0, 0.1) is 11.6 Å². The van der Waals surface area contributed by atoms with Crippen LogP contribution in [0.2, 0.25) is 0 Å². The fraction of sp³-hybridized carbons (Fsp3) is 0.364. The van der Waals surface area contributed by atoms with Gasteiger partial charge in [-0.05, 0) is 25.1 Å². The molecule has 1 fully saturated rings. The summed E-state index contributed by atoms with van der Waals surface area (Å²) in [7, 11) is 0. The van der Waals surface area contributed by atoms with E-state index in [0.717, 1.165) is 12.6 Å². The van der Waals surface area contributed by atoms with Crippen LogP contribution < -0.4 is 11.1 Å². The number of benzene rings is 1. The molecule has 16 heavy (non-hydrogen) atoms. The number of nitrogens with one attached hydrogen (secondary N) is 1. The Labute approximate surface area is 91.6 Å². The van der Waals surface area contributed by atoms with Gasteiger partial charge in [-0.15, -0.1) is 0 Å². The molecule has 1 atom stereocenters. The number of halogens is 2. The van der Waals surface area contributed by atoms with Crippen molar-refractivity contribution < 1.29 is 13.6 Å². The van der Waals surface area contributed by atoms with Crippen molar-refractivity contribution in [1.82, 2.24) is 5.32 Å². The minimum Gasteiger partial charge on any atom is -0.366 e. The fourth-order valence-corrected chi connectivity index (χ4v) is 2.08. The minimum absolute atomic E-state index is 0.0765. The van der Waals surface area contributed by atoms with Gasteiger partial charge in [-0.1, -0.05) is 0 Å². The molecule has 1 aliphatic heterocycles. The highest BCUT2D eigenvalue weighted by Crippen LogP contribution is 2.29. The van der Waals surface area contributed by atoms with E-state index in [2.05, 4.69) is 5.32 Å². The maximum Gasteiger partial charge on any atom is 0.249 e. The van der Waals surface area contributed by atoms with E-state index in [-0.39, 0.29) is 17.0 Å². The van der Waals surface area contributed by atoms with Gasteiger partial charge in [0.25, 0.3) is 0 Å². The maximum atomic E-state index is 13.7. The third-order valence-corrected chi connectivity index (χ3v) is 2.87. The van der Waals surface area contributed by atoms with Gasteiger partial charge < -0.3 is 11.1 Å². The second-order valence-corrected chi connectivity index (χ2v) is 3.88. The molecule has 5 heteroatoms. The van der Waals surface area contributed by atoms with Crippen LogP contribution in [-0.2, 0) is 0 Å². The smallest absolute Gasteiger partial charge is 0.249 e. The molecular weight excluding hydrogens is 214 g/mol. The van der Waals surface area contributed by atoms with Crippen molar-refractivity contribution in [2.75, 3.05) is 13.1 Å². The zero-order chi connectivity index (χ0) is 11.7. The largest absolute Gasteiger partial charge is 0.366 e. The van der Waals surface area contributed by atoms with Gasteiger partial charge in [0.15, 0.2) is 11.6 Å². The Bertz CT molecular complexity index is 428. The summed E-state index contributed by atoms with van der Waals surface area (Å²) in [4.78, 5) is 11.2. The van der Waals surface area contributed by atoms with Gasteiger partial charge in [-0.2, -0.15) is 0 Å². The van der Waals surface area contributed by atoms with Crippen LogP contribution in [0.25, 0.3) is 0 Å². The molecule has 1 aromatic rings. The van der Waals surface area contributed by atoms with E-state index in [1.807, 2.05) is 0 Å². The van der Waals surface area contributed by atoms with Crippen molar-refractivity contribution in [2.24, 2.45) is 5.73 Å². The number of amides is 1. The van der Waals surface area contributed by atoms with Crippen molar-refractivity contribution in [3.8, 4) is 0 Å². The Morgan fingerprint density at radius 3 is 2.75 bits per heavy atom. The van der Waals surface area contributed by atoms with Gasteiger partial charge in [0.2, 0.25) is 5.91 Å². The highest BCUT2D eigenvalue weighted by molar-refractivity contribution is 5.94. The summed E-state index contributed by atoms with van der Waals surface area (Å²) in [6.45, 7) is 1.28. The lowest BCUT2D eigenvalue weighted by Crippen LogP contribution is -2.19. The van der Waals surface area contributed by atoms with Crippen LogP contribution in [0.1, 0.15) is 28.3 Å². The topological polar surface area (TPSA) is 55.1 Å². The van der Waals surface area contributed by atoms with Crippen molar-refractivity contribution in [1.29, 1.82) is 0 Å². The Kier molecular flexibility index (Phi) is 2.87. The Morgan fingerprint density at radius 1 is 1.44 bits per heavy atom. The van der Waals surface area contributed by atoms with Crippen molar-refractivity contribution in [2.45, 2.75) is 12.3 Å². The molecule has 1 aromatic carbocycles. The van der Waals surface area contributed by atoms with Gasteiger partial charge in [0.1, 0.15) is 0 Å². The van der Waals surface area contributed by atoms with Crippen LogP contribution in [0.5, 0.6) is 0 Å². The van der Waals surface area contributed by atoms with Crippen molar-refractivity contribution >= 4 is 5.91 Å². The lowest BCUT2D eigenvalue weighted by molar-refractivity contribution is 0.0998. The number of hydrogen-bond acceptors (Lipinski definition) is 2. The molecule has 0 spiro atoms.